The van der Waals surface area contributed by atoms with E-state index in [0.717, 1.165) is 50.8 Å². The molecule has 3 atom stereocenters. The lowest BCUT2D eigenvalue weighted by atomic mass is 9.82. The first-order valence-corrected chi connectivity index (χ1v) is 10.2. The number of fused-ring (bicyclic) bond motifs is 1. The van der Waals surface area contributed by atoms with E-state index in [1.54, 1.807) is 0 Å². The minimum absolute atomic E-state index is 0.0735. The van der Waals surface area contributed by atoms with Crippen LogP contribution in [0.25, 0.3) is 0 Å². The van der Waals surface area contributed by atoms with Gasteiger partial charge in [0, 0.05) is 43.2 Å². The number of rotatable bonds is 3. The number of morpholine rings is 1. The van der Waals surface area contributed by atoms with Gasteiger partial charge in [-0.05, 0) is 44.2 Å². The highest BCUT2D eigenvalue weighted by Gasteiger charge is 2.36. The second kappa shape index (κ2) is 8.40. The minimum atomic E-state index is 0.0735. The molecule has 0 radical (unpaired) electrons. The number of hydrogen-bond donors (Lipinski definition) is 2. The third-order valence-electron chi connectivity index (χ3n) is 6.15. The monoisotopic (exact) mass is 371 g/mol. The first-order valence-electron chi connectivity index (χ1n) is 10.2. The zero-order valence-corrected chi connectivity index (χ0v) is 15.7. The summed E-state index contributed by atoms with van der Waals surface area (Å²) in [7, 11) is 0. The zero-order chi connectivity index (χ0) is 18.6. The van der Waals surface area contributed by atoms with Gasteiger partial charge in [0.1, 0.15) is 0 Å². The molecule has 1 aromatic rings. The minimum Gasteiger partial charge on any atom is -0.375 e. The molecule has 1 saturated carbocycles. The number of nitrogens with zero attached hydrogens (tertiary/aromatic N) is 1. The molecule has 0 unspecified atom stereocenters. The van der Waals surface area contributed by atoms with E-state index >= 15 is 0 Å². The van der Waals surface area contributed by atoms with Crippen LogP contribution in [0.1, 0.15) is 42.5 Å². The third kappa shape index (κ3) is 4.33. The Bertz CT molecular complexity index is 658. The molecule has 3 aliphatic rings. The normalized spacial score (nSPS) is 29.0. The maximum absolute atomic E-state index is 12.7. The fraction of sp³-hybridized carbons (Fsp3) is 0.619. The number of benzene rings is 1. The lowest BCUT2D eigenvalue weighted by Crippen LogP contribution is -2.54. The van der Waals surface area contributed by atoms with Crippen molar-refractivity contribution < 1.29 is 14.3 Å². The maximum Gasteiger partial charge on any atom is 0.253 e. The molecule has 4 rings (SSSR count). The second-order valence-electron chi connectivity index (χ2n) is 7.92. The summed E-state index contributed by atoms with van der Waals surface area (Å²) in [4.78, 5) is 27.1. The lowest BCUT2D eigenvalue weighted by molar-refractivity contribution is -0.129. The van der Waals surface area contributed by atoms with Crippen LogP contribution in [0, 0.1) is 5.92 Å². The predicted molar refractivity (Wildman–Crippen MR) is 102 cm³/mol. The molecule has 2 aliphatic heterocycles. The molecular weight excluding hydrogens is 342 g/mol. The number of piperidine rings is 1. The van der Waals surface area contributed by atoms with E-state index in [0.29, 0.717) is 19.1 Å². The molecule has 2 saturated heterocycles. The summed E-state index contributed by atoms with van der Waals surface area (Å²) in [5.74, 6) is 0.333. The van der Waals surface area contributed by atoms with Crippen LogP contribution in [0.15, 0.2) is 30.3 Å². The molecule has 1 aliphatic carbocycles. The van der Waals surface area contributed by atoms with Gasteiger partial charge in [-0.1, -0.05) is 18.2 Å². The predicted octanol–water partition coefficient (Wildman–Crippen LogP) is 1.56. The van der Waals surface area contributed by atoms with Crippen LogP contribution in [-0.2, 0) is 9.53 Å². The molecule has 6 heteroatoms. The lowest BCUT2D eigenvalue weighted by Gasteiger charge is -2.40. The Balaban J connectivity index is 1.24. The Labute approximate surface area is 160 Å². The molecule has 3 fully saturated rings. The number of ether oxygens (including phenoxy) is 1. The summed E-state index contributed by atoms with van der Waals surface area (Å²) in [6, 6.07) is 9.90. The van der Waals surface area contributed by atoms with Crippen molar-refractivity contribution in [1.82, 2.24) is 15.5 Å². The molecule has 2 N–H and O–H groups in total. The largest absolute Gasteiger partial charge is 0.375 e. The summed E-state index contributed by atoms with van der Waals surface area (Å²) >= 11 is 0. The average molecular weight is 371 g/mol. The zero-order valence-electron chi connectivity index (χ0n) is 15.7. The van der Waals surface area contributed by atoms with E-state index in [4.69, 9.17) is 4.74 Å². The van der Waals surface area contributed by atoms with Crippen LogP contribution in [0.4, 0.5) is 0 Å². The van der Waals surface area contributed by atoms with Crippen molar-refractivity contribution in [2.75, 3.05) is 26.2 Å². The smallest absolute Gasteiger partial charge is 0.253 e. The molecular formula is C21H29N3O3. The summed E-state index contributed by atoms with van der Waals surface area (Å²) in [5, 5.41) is 6.73. The number of carbonyl (C=O) groups is 2. The van der Waals surface area contributed by atoms with Crippen molar-refractivity contribution in [3.05, 3.63) is 35.9 Å². The Morgan fingerprint density at radius 3 is 2.63 bits per heavy atom. The van der Waals surface area contributed by atoms with Crippen molar-refractivity contribution in [2.45, 2.75) is 50.3 Å². The van der Waals surface area contributed by atoms with Gasteiger partial charge in [-0.2, -0.15) is 0 Å². The van der Waals surface area contributed by atoms with Gasteiger partial charge in [0.15, 0.2) is 0 Å². The van der Waals surface area contributed by atoms with Crippen LogP contribution in [-0.4, -0.2) is 61.1 Å². The average Bonchev–Trinajstić information content (AvgIpc) is 2.74. The van der Waals surface area contributed by atoms with E-state index in [2.05, 4.69) is 10.6 Å². The van der Waals surface area contributed by atoms with Gasteiger partial charge in [0.25, 0.3) is 5.91 Å². The van der Waals surface area contributed by atoms with E-state index in [1.807, 2.05) is 35.2 Å². The molecule has 0 bridgehead atoms. The highest BCUT2D eigenvalue weighted by Crippen LogP contribution is 2.28. The number of likely N-dealkylation sites (tertiary alicyclic amines) is 1. The van der Waals surface area contributed by atoms with E-state index < -0.39 is 0 Å². The summed E-state index contributed by atoms with van der Waals surface area (Å²) < 4.78 is 5.80. The fourth-order valence-electron chi connectivity index (χ4n) is 4.56. The van der Waals surface area contributed by atoms with Crippen LogP contribution in [0.5, 0.6) is 0 Å². The van der Waals surface area contributed by atoms with Crippen LogP contribution in [0.3, 0.4) is 0 Å². The van der Waals surface area contributed by atoms with Crippen molar-refractivity contribution in [3.63, 3.8) is 0 Å². The summed E-state index contributed by atoms with van der Waals surface area (Å²) in [5.41, 5.74) is 0.735. The van der Waals surface area contributed by atoms with Crippen molar-refractivity contribution in [2.24, 2.45) is 5.92 Å². The van der Waals surface area contributed by atoms with Crippen LogP contribution in [0.2, 0.25) is 0 Å². The number of carbonyl (C=O) groups excluding carboxylic acids is 2. The van der Waals surface area contributed by atoms with Crippen LogP contribution >= 0.6 is 0 Å². The van der Waals surface area contributed by atoms with Gasteiger partial charge in [-0.3, -0.25) is 9.59 Å². The third-order valence-corrected chi connectivity index (χ3v) is 6.15. The Morgan fingerprint density at radius 1 is 1.07 bits per heavy atom. The Morgan fingerprint density at radius 2 is 1.85 bits per heavy atom. The van der Waals surface area contributed by atoms with Gasteiger partial charge in [-0.15, -0.1) is 0 Å². The maximum atomic E-state index is 12.7. The molecule has 2 amide bonds. The quantitative estimate of drug-likeness (QED) is 0.846. The highest BCUT2D eigenvalue weighted by atomic mass is 16.5. The molecule has 0 spiro atoms. The van der Waals surface area contributed by atoms with Gasteiger partial charge < -0.3 is 20.3 Å². The van der Waals surface area contributed by atoms with Gasteiger partial charge >= 0.3 is 0 Å². The van der Waals surface area contributed by atoms with Gasteiger partial charge in [0.2, 0.25) is 5.91 Å². The first-order chi connectivity index (χ1) is 13.2. The van der Waals surface area contributed by atoms with Gasteiger partial charge in [-0.25, -0.2) is 0 Å². The standard InChI is InChI=1S/C21H29N3O3/c25-20(16-6-7-19-18(14-16)22-10-13-27-19)23-17-8-11-24(12-9-17)21(26)15-4-2-1-3-5-15/h1-5,16-19,22H,6-14H2,(H,23,25)/t16-,18+,19+/m0/s1. The molecule has 2 heterocycles. The first kappa shape index (κ1) is 18.4. The molecule has 27 heavy (non-hydrogen) atoms. The Kier molecular flexibility index (Phi) is 5.74. The topological polar surface area (TPSA) is 70.7 Å². The SMILES string of the molecule is O=C(NC1CCN(C(=O)c2ccccc2)CC1)[C@H]1CC[C@H]2OCCN[C@@H]2C1. The molecule has 6 nitrogen and oxygen atoms in total. The van der Waals surface area contributed by atoms with E-state index in [9.17, 15) is 9.59 Å². The van der Waals surface area contributed by atoms with Crippen molar-refractivity contribution in [1.29, 1.82) is 0 Å². The van der Waals surface area contributed by atoms with E-state index in [-0.39, 0.29) is 29.9 Å². The number of amides is 2. The second-order valence-corrected chi connectivity index (χ2v) is 7.92. The summed E-state index contributed by atoms with van der Waals surface area (Å²) in [6.07, 6.45) is 4.64. The van der Waals surface area contributed by atoms with Crippen LogP contribution < -0.4 is 10.6 Å². The fourth-order valence-corrected chi connectivity index (χ4v) is 4.56. The Hall–Kier alpha value is -1.92. The molecule has 146 valence electrons. The number of hydrogen-bond acceptors (Lipinski definition) is 4. The molecule has 1 aromatic carbocycles. The highest BCUT2D eigenvalue weighted by molar-refractivity contribution is 5.94. The van der Waals surface area contributed by atoms with Gasteiger partial charge in [0.05, 0.1) is 12.7 Å². The number of nitrogens with one attached hydrogen (secondary N) is 2. The van der Waals surface area contributed by atoms with E-state index in [1.165, 1.54) is 0 Å². The molecule has 0 aromatic heterocycles. The van der Waals surface area contributed by atoms with Crippen molar-refractivity contribution >= 4 is 11.8 Å². The van der Waals surface area contributed by atoms with Crippen molar-refractivity contribution in [3.8, 4) is 0 Å². The summed E-state index contributed by atoms with van der Waals surface area (Å²) in [6.45, 7) is 3.05.